The number of rotatable bonds is 5. The fourth-order valence-electron chi connectivity index (χ4n) is 4.64. The minimum atomic E-state index is -0.225. The van der Waals surface area contributed by atoms with E-state index in [0.29, 0.717) is 13.1 Å². The van der Waals surface area contributed by atoms with Gasteiger partial charge in [-0.25, -0.2) is 9.18 Å². The number of nitrogens with one attached hydrogen (secondary N) is 1. The molecule has 2 heterocycles. The highest BCUT2D eigenvalue weighted by molar-refractivity contribution is 5.95. The summed E-state index contributed by atoms with van der Waals surface area (Å²) < 4.78 is 14.1. The first-order valence-electron chi connectivity index (χ1n) is 10.9. The fourth-order valence-corrected chi connectivity index (χ4v) is 4.64. The predicted octanol–water partition coefficient (Wildman–Crippen LogP) is 4.81. The number of piperidine rings is 1. The molecule has 2 aliphatic rings. The third kappa shape index (κ3) is 4.26. The van der Waals surface area contributed by atoms with Gasteiger partial charge in [0.15, 0.2) is 0 Å². The first kappa shape index (κ1) is 20.6. The van der Waals surface area contributed by atoms with Crippen LogP contribution in [0.2, 0.25) is 0 Å². The minimum Gasteiger partial charge on any atom is -0.338 e. The first-order chi connectivity index (χ1) is 14.6. The Labute approximate surface area is 178 Å². The zero-order valence-corrected chi connectivity index (χ0v) is 17.6. The van der Waals surface area contributed by atoms with Crippen molar-refractivity contribution in [3.8, 4) is 0 Å². The van der Waals surface area contributed by atoms with E-state index in [1.165, 1.54) is 11.6 Å². The molecule has 4 nitrogen and oxygen atoms in total. The van der Waals surface area contributed by atoms with Crippen LogP contribution in [0.15, 0.2) is 54.6 Å². The number of urea groups is 1. The second-order valence-corrected chi connectivity index (χ2v) is 8.37. The summed E-state index contributed by atoms with van der Waals surface area (Å²) >= 11 is 0. The summed E-state index contributed by atoms with van der Waals surface area (Å²) in [5.74, 6) is -0.225. The van der Waals surface area contributed by atoms with Crippen LogP contribution >= 0.6 is 0 Å². The summed E-state index contributed by atoms with van der Waals surface area (Å²) in [5, 5.41) is 2.98. The third-order valence-corrected chi connectivity index (χ3v) is 6.34. The van der Waals surface area contributed by atoms with Crippen molar-refractivity contribution in [1.82, 2.24) is 10.2 Å². The maximum absolute atomic E-state index is 14.1. The van der Waals surface area contributed by atoms with Crippen molar-refractivity contribution in [3.63, 3.8) is 0 Å². The molecule has 2 amide bonds. The molecule has 1 spiro atoms. The van der Waals surface area contributed by atoms with Crippen molar-refractivity contribution >= 4 is 17.8 Å². The molecule has 1 saturated heterocycles. The highest BCUT2D eigenvalue weighted by Crippen LogP contribution is 2.47. The Morgan fingerprint density at radius 3 is 2.67 bits per heavy atom. The maximum atomic E-state index is 14.1. The Bertz CT molecular complexity index is 904. The lowest BCUT2D eigenvalue weighted by Crippen LogP contribution is -2.47. The van der Waals surface area contributed by atoms with Crippen LogP contribution in [0, 0.1) is 5.82 Å². The number of nitrogens with zero attached hydrogens (tertiary/aromatic N) is 2. The summed E-state index contributed by atoms with van der Waals surface area (Å²) in [6, 6.07) is 15.1. The van der Waals surface area contributed by atoms with Crippen LogP contribution in [-0.2, 0) is 5.41 Å². The number of anilines is 1. The number of likely N-dealkylation sites (tertiary alicyclic amines) is 1. The number of hydrogen-bond acceptors (Lipinski definition) is 2. The number of carbonyl (C=O) groups is 1. The molecule has 2 aromatic rings. The quantitative estimate of drug-likeness (QED) is 0.772. The second-order valence-electron chi connectivity index (χ2n) is 8.37. The molecule has 1 fully saturated rings. The zero-order chi connectivity index (χ0) is 21.0. The molecule has 0 saturated carbocycles. The van der Waals surface area contributed by atoms with Gasteiger partial charge in [0.05, 0.1) is 0 Å². The van der Waals surface area contributed by atoms with Crippen LogP contribution in [0.3, 0.4) is 0 Å². The van der Waals surface area contributed by atoms with Crippen molar-refractivity contribution in [1.29, 1.82) is 0 Å². The molecule has 0 bridgehead atoms. The van der Waals surface area contributed by atoms with Crippen molar-refractivity contribution < 1.29 is 9.18 Å². The van der Waals surface area contributed by atoms with Gasteiger partial charge in [-0.3, -0.25) is 9.80 Å². The van der Waals surface area contributed by atoms with E-state index in [1.54, 1.807) is 12.1 Å². The van der Waals surface area contributed by atoms with Gasteiger partial charge < -0.3 is 5.32 Å². The lowest BCUT2D eigenvalue weighted by Gasteiger charge is -2.39. The van der Waals surface area contributed by atoms with Crippen LogP contribution in [-0.4, -0.2) is 43.7 Å². The topological polar surface area (TPSA) is 35.6 Å². The molecule has 0 atom stereocenters. The Morgan fingerprint density at radius 2 is 1.93 bits per heavy atom. The number of hydrogen-bond donors (Lipinski definition) is 1. The number of benzene rings is 2. The summed E-state index contributed by atoms with van der Waals surface area (Å²) in [6.45, 7) is 6.12. The number of carbonyl (C=O) groups excluding carboxylic acids is 1. The third-order valence-electron chi connectivity index (χ3n) is 6.34. The van der Waals surface area contributed by atoms with Gasteiger partial charge in [0.25, 0.3) is 0 Å². The van der Waals surface area contributed by atoms with Crippen LogP contribution in [0.5, 0.6) is 0 Å². The molecule has 0 radical (unpaired) electrons. The molecule has 0 unspecified atom stereocenters. The van der Waals surface area contributed by atoms with Gasteiger partial charge in [-0.1, -0.05) is 49.4 Å². The Balaban J connectivity index is 1.44. The molecule has 5 heteroatoms. The first-order valence-corrected chi connectivity index (χ1v) is 10.9. The van der Waals surface area contributed by atoms with E-state index in [9.17, 15) is 9.18 Å². The molecular formula is C25H30FN3O. The van der Waals surface area contributed by atoms with Crippen molar-refractivity contribution in [2.45, 2.75) is 31.6 Å². The molecule has 2 aliphatic heterocycles. The highest BCUT2D eigenvalue weighted by Gasteiger charge is 2.46. The summed E-state index contributed by atoms with van der Waals surface area (Å²) in [5.41, 5.74) is 2.91. The molecule has 4 rings (SSSR count). The Hall–Kier alpha value is -2.66. The molecule has 0 aromatic heterocycles. The van der Waals surface area contributed by atoms with Gasteiger partial charge in [0.2, 0.25) is 0 Å². The zero-order valence-electron chi connectivity index (χ0n) is 17.6. The largest absolute Gasteiger partial charge is 0.338 e. The van der Waals surface area contributed by atoms with Crippen molar-refractivity contribution in [3.05, 3.63) is 71.6 Å². The standard InChI is InChI=1S/C25H30FN3O/c1-2-14-27-24(30)29-19-25(22-18-21(26)10-11-23(22)29)12-16-28(17-13-25)15-6-9-20-7-4-3-5-8-20/h3-11,18H,2,12-17,19H2,1H3,(H,27,30). The van der Waals surface area contributed by atoms with Crippen LogP contribution in [0.25, 0.3) is 6.08 Å². The maximum Gasteiger partial charge on any atom is 0.321 e. The van der Waals surface area contributed by atoms with E-state index in [1.807, 2.05) is 30.0 Å². The Kier molecular flexibility index (Phi) is 6.18. The Morgan fingerprint density at radius 1 is 1.17 bits per heavy atom. The normalized spacial score (nSPS) is 18.1. The molecule has 1 N–H and O–H groups in total. The SMILES string of the molecule is CCCNC(=O)N1CC2(CCN(CC=Cc3ccccc3)CC2)c2cc(F)ccc21. The molecular weight excluding hydrogens is 377 g/mol. The predicted molar refractivity (Wildman–Crippen MR) is 120 cm³/mol. The van der Waals surface area contributed by atoms with Gasteiger partial charge in [0, 0.05) is 30.7 Å². The van der Waals surface area contributed by atoms with Gasteiger partial charge in [0.1, 0.15) is 5.82 Å². The molecule has 2 aromatic carbocycles. The highest BCUT2D eigenvalue weighted by atomic mass is 19.1. The van der Waals surface area contributed by atoms with Gasteiger partial charge >= 0.3 is 6.03 Å². The van der Waals surface area contributed by atoms with Crippen LogP contribution < -0.4 is 10.2 Å². The van der Waals surface area contributed by atoms with Crippen LogP contribution in [0.4, 0.5) is 14.9 Å². The van der Waals surface area contributed by atoms with E-state index in [4.69, 9.17) is 0 Å². The lowest BCUT2D eigenvalue weighted by atomic mass is 9.74. The molecule has 0 aliphatic carbocycles. The van der Waals surface area contributed by atoms with E-state index in [2.05, 4.69) is 34.5 Å². The molecule has 30 heavy (non-hydrogen) atoms. The van der Waals surface area contributed by atoms with Crippen LogP contribution in [0.1, 0.15) is 37.3 Å². The van der Waals surface area contributed by atoms with E-state index in [0.717, 1.165) is 50.1 Å². The lowest BCUT2D eigenvalue weighted by molar-refractivity contribution is 0.180. The molecule has 158 valence electrons. The van der Waals surface area contributed by atoms with Gasteiger partial charge in [-0.15, -0.1) is 0 Å². The number of amides is 2. The van der Waals surface area contributed by atoms with Gasteiger partial charge in [-0.2, -0.15) is 0 Å². The van der Waals surface area contributed by atoms with E-state index < -0.39 is 0 Å². The minimum absolute atomic E-state index is 0.0743. The van der Waals surface area contributed by atoms with Gasteiger partial charge in [-0.05, 0) is 61.7 Å². The summed E-state index contributed by atoms with van der Waals surface area (Å²) in [7, 11) is 0. The monoisotopic (exact) mass is 407 g/mol. The second kappa shape index (κ2) is 9.00. The summed E-state index contributed by atoms with van der Waals surface area (Å²) in [6.07, 6.45) is 7.12. The average Bonchev–Trinajstić information content (AvgIpc) is 3.08. The van der Waals surface area contributed by atoms with Crippen molar-refractivity contribution in [2.75, 3.05) is 37.6 Å². The summed E-state index contributed by atoms with van der Waals surface area (Å²) in [4.78, 5) is 17.0. The number of fused-ring (bicyclic) bond motifs is 2. The fraction of sp³-hybridized carbons (Fsp3) is 0.400. The van der Waals surface area contributed by atoms with Crippen molar-refractivity contribution in [2.24, 2.45) is 0 Å². The van der Waals surface area contributed by atoms with E-state index in [-0.39, 0.29) is 17.3 Å². The number of halogens is 1. The van der Waals surface area contributed by atoms with E-state index >= 15 is 0 Å². The average molecular weight is 408 g/mol. The smallest absolute Gasteiger partial charge is 0.321 e.